The Morgan fingerprint density at radius 3 is 2.39 bits per heavy atom. The van der Waals surface area contributed by atoms with Gasteiger partial charge in [0.25, 0.3) is 11.5 Å². The van der Waals surface area contributed by atoms with Gasteiger partial charge in [-0.3, -0.25) is 19.0 Å². The third kappa shape index (κ3) is 6.76. The number of alkyl halides is 3. The number of aromatic nitrogens is 4. The third-order valence-corrected chi connectivity index (χ3v) is 7.19. The zero-order valence-electron chi connectivity index (χ0n) is 23.8. The smallest absolute Gasteiger partial charge is 0.436 e. The number of amides is 2. The van der Waals surface area contributed by atoms with Crippen molar-refractivity contribution in [3.63, 3.8) is 0 Å². The highest BCUT2D eigenvalue weighted by atomic mass is 35.5. The molecule has 0 aliphatic heterocycles. The average molecular weight is 655 g/mol. The van der Waals surface area contributed by atoms with Crippen LogP contribution < -0.4 is 21.3 Å². The molecule has 0 saturated carbocycles. The van der Waals surface area contributed by atoms with Crippen molar-refractivity contribution in [2.45, 2.75) is 18.6 Å². The van der Waals surface area contributed by atoms with E-state index in [1.807, 2.05) is 0 Å². The van der Waals surface area contributed by atoms with E-state index >= 15 is 0 Å². The molecular weight excluding hydrogens is 632 g/mol. The zero-order chi connectivity index (χ0) is 33.2. The fraction of sp³-hybridized carbons (Fsp3) is 0.129. The normalized spacial score (nSPS) is 12.0. The zero-order valence-corrected chi connectivity index (χ0v) is 24.5. The van der Waals surface area contributed by atoms with E-state index in [1.165, 1.54) is 37.6 Å². The van der Waals surface area contributed by atoms with E-state index in [0.29, 0.717) is 11.8 Å². The van der Waals surface area contributed by atoms with Gasteiger partial charge in [-0.15, -0.1) is 5.10 Å². The van der Waals surface area contributed by atoms with E-state index in [-0.39, 0.29) is 45.3 Å². The fourth-order valence-corrected chi connectivity index (χ4v) is 4.93. The molecule has 15 heteroatoms. The van der Waals surface area contributed by atoms with Gasteiger partial charge in [0.05, 0.1) is 30.8 Å². The van der Waals surface area contributed by atoms with Crippen LogP contribution in [0.4, 0.5) is 23.2 Å². The molecule has 46 heavy (non-hydrogen) atoms. The van der Waals surface area contributed by atoms with Crippen LogP contribution in [0.5, 0.6) is 5.75 Å². The first-order valence-corrected chi connectivity index (χ1v) is 13.8. The summed E-state index contributed by atoms with van der Waals surface area (Å²) in [4.78, 5) is 38.8. The Kier molecular flexibility index (Phi) is 8.91. The van der Waals surface area contributed by atoms with E-state index in [4.69, 9.17) is 22.1 Å². The maximum atomic E-state index is 14.4. The second-order valence-corrected chi connectivity index (χ2v) is 10.4. The molecule has 0 bridgehead atoms. The molecule has 3 aromatic carbocycles. The second-order valence-electron chi connectivity index (χ2n) is 9.96. The average Bonchev–Trinajstić information content (AvgIpc) is 3.51. The van der Waals surface area contributed by atoms with Gasteiger partial charge in [0, 0.05) is 34.3 Å². The quantitative estimate of drug-likeness (QED) is 0.204. The number of ether oxygens (including phenoxy) is 1. The van der Waals surface area contributed by atoms with Gasteiger partial charge in [0.2, 0.25) is 5.91 Å². The molecular formula is C31H23ClF4N6O4. The molecule has 1 unspecified atom stereocenters. The summed E-state index contributed by atoms with van der Waals surface area (Å²) in [5, 5.41) is 9.57. The highest BCUT2D eigenvalue weighted by Crippen LogP contribution is 2.36. The molecule has 0 radical (unpaired) electrons. The Morgan fingerprint density at radius 2 is 1.76 bits per heavy atom. The fourth-order valence-electron chi connectivity index (χ4n) is 4.75. The summed E-state index contributed by atoms with van der Waals surface area (Å²) in [5.41, 5.74) is 4.06. The summed E-state index contributed by atoms with van der Waals surface area (Å²) in [5.74, 6) is -2.55. The van der Waals surface area contributed by atoms with Crippen LogP contribution in [0, 0.1) is 5.82 Å². The molecule has 0 fully saturated rings. The van der Waals surface area contributed by atoms with E-state index in [2.05, 4.69) is 15.6 Å². The van der Waals surface area contributed by atoms with Crippen LogP contribution in [0.3, 0.4) is 0 Å². The van der Waals surface area contributed by atoms with Crippen LogP contribution in [-0.2, 0) is 17.4 Å². The largest absolute Gasteiger partial charge is 0.495 e. The predicted octanol–water partition coefficient (Wildman–Crippen LogP) is 5.44. The number of carbonyl (C=O) groups excluding carboxylic acids is 2. The molecule has 5 aromatic rings. The van der Waals surface area contributed by atoms with Crippen LogP contribution in [0.15, 0.2) is 90.0 Å². The number of rotatable bonds is 9. The summed E-state index contributed by atoms with van der Waals surface area (Å²) in [6.07, 6.45) is -2.74. The molecule has 2 amide bonds. The maximum Gasteiger partial charge on any atom is 0.436 e. The van der Waals surface area contributed by atoms with Crippen molar-refractivity contribution >= 4 is 29.1 Å². The van der Waals surface area contributed by atoms with Crippen LogP contribution in [0.25, 0.3) is 16.8 Å². The lowest BCUT2D eigenvalue weighted by atomic mass is 10.0. The first-order valence-electron chi connectivity index (χ1n) is 13.4. The van der Waals surface area contributed by atoms with Gasteiger partial charge in [-0.2, -0.15) is 13.2 Å². The third-order valence-electron chi connectivity index (χ3n) is 6.96. The van der Waals surface area contributed by atoms with Crippen LogP contribution in [0.2, 0.25) is 5.02 Å². The highest BCUT2D eigenvalue weighted by Gasteiger charge is 2.35. The number of pyridine rings is 1. The number of carbonyl (C=O) groups is 2. The summed E-state index contributed by atoms with van der Waals surface area (Å²) >= 11 is 6.24. The van der Waals surface area contributed by atoms with E-state index < -0.39 is 41.1 Å². The summed E-state index contributed by atoms with van der Waals surface area (Å²) < 4.78 is 61.8. The van der Waals surface area contributed by atoms with Crippen molar-refractivity contribution in [2.24, 2.45) is 5.73 Å². The van der Waals surface area contributed by atoms with E-state index in [0.717, 1.165) is 27.4 Å². The van der Waals surface area contributed by atoms with Crippen molar-refractivity contribution in [1.82, 2.24) is 19.6 Å². The van der Waals surface area contributed by atoms with Gasteiger partial charge >= 0.3 is 6.18 Å². The number of nitrogens with one attached hydrogen (secondary N) is 1. The molecule has 0 aliphatic carbocycles. The standard InChI is InChI=1S/C31H23ClF4N6O4/c1-46-26-15-41(25(11-17-5-3-2-4-6-17)30(45)38-19-8-9-20(29(37)44)23(33)13-19)28(43)14-22(26)21-12-18(32)7-10-24(21)42-16-27(39-40-42)31(34,35)36/h2-10,12-16,25H,11H2,1H3,(H2,37,44)(H,38,45). The summed E-state index contributed by atoms with van der Waals surface area (Å²) in [6, 6.07) is 16.4. The van der Waals surface area contributed by atoms with Crippen LogP contribution >= 0.6 is 11.6 Å². The van der Waals surface area contributed by atoms with Gasteiger partial charge in [-0.25, -0.2) is 9.07 Å². The monoisotopic (exact) mass is 654 g/mol. The van der Waals surface area contributed by atoms with Crippen molar-refractivity contribution in [1.29, 1.82) is 0 Å². The molecule has 5 rings (SSSR count). The number of hydrogen-bond donors (Lipinski definition) is 2. The molecule has 3 N–H and O–H groups in total. The number of primary amides is 1. The van der Waals surface area contributed by atoms with Gasteiger partial charge in [0.1, 0.15) is 17.6 Å². The Bertz CT molecular complexity index is 2000. The minimum Gasteiger partial charge on any atom is -0.495 e. The molecule has 0 spiro atoms. The van der Waals surface area contributed by atoms with E-state index in [1.54, 1.807) is 30.3 Å². The van der Waals surface area contributed by atoms with Crippen molar-refractivity contribution in [2.75, 3.05) is 12.4 Å². The number of hydrogen-bond acceptors (Lipinski definition) is 6. The minimum atomic E-state index is -4.74. The predicted molar refractivity (Wildman–Crippen MR) is 160 cm³/mol. The van der Waals surface area contributed by atoms with Gasteiger partial charge in [-0.05, 0) is 42.0 Å². The van der Waals surface area contributed by atoms with Crippen molar-refractivity contribution in [3.8, 4) is 22.6 Å². The molecule has 0 aliphatic rings. The lowest BCUT2D eigenvalue weighted by Crippen LogP contribution is -2.34. The minimum absolute atomic E-state index is 0.0109. The van der Waals surface area contributed by atoms with Crippen LogP contribution in [-0.4, -0.2) is 38.5 Å². The molecule has 2 aromatic heterocycles. The first-order chi connectivity index (χ1) is 21.8. The van der Waals surface area contributed by atoms with Gasteiger partial charge in [-0.1, -0.05) is 47.1 Å². The Morgan fingerprint density at radius 1 is 1.02 bits per heavy atom. The first kappa shape index (κ1) is 31.9. The van der Waals surface area contributed by atoms with E-state index in [9.17, 15) is 31.9 Å². The Hall–Kier alpha value is -5.50. The molecule has 2 heterocycles. The molecule has 0 saturated heterocycles. The Labute approximate surface area is 263 Å². The topological polar surface area (TPSA) is 134 Å². The number of nitrogens with zero attached hydrogens (tertiary/aromatic N) is 4. The number of nitrogens with two attached hydrogens (primary N) is 1. The second kappa shape index (κ2) is 12.9. The number of halogens is 5. The van der Waals surface area contributed by atoms with Crippen molar-refractivity contribution < 1.29 is 31.9 Å². The van der Waals surface area contributed by atoms with Gasteiger partial charge < -0.3 is 15.8 Å². The summed E-state index contributed by atoms with van der Waals surface area (Å²) in [7, 11) is 1.31. The molecule has 236 valence electrons. The maximum absolute atomic E-state index is 14.4. The Balaban J connectivity index is 1.59. The molecule has 10 nitrogen and oxygen atoms in total. The molecule has 1 atom stereocenters. The highest BCUT2D eigenvalue weighted by molar-refractivity contribution is 6.31. The SMILES string of the molecule is COc1cn(C(Cc2ccccc2)C(=O)Nc2ccc(C(N)=O)c(F)c2)c(=O)cc1-c1cc(Cl)ccc1-n1cc(C(F)(F)F)nn1. The summed E-state index contributed by atoms with van der Waals surface area (Å²) in [6.45, 7) is 0. The number of anilines is 1. The number of benzene rings is 3. The lowest BCUT2D eigenvalue weighted by Gasteiger charge is -2.22. The van der Waals surface area contributed by atoms with Crippen LogP contribution in [0.1, 0.15) is 27.7 Å². The van der Waals surface area contributed by atoms with Gasteiger partial charge in [0.15, 0.2) is 5.69 Å². The lowest BCUT2D eigenvalue weighted by molar-refractivity contribution is -0.141. The van der Waals surface area contributed by atoms with Crippen molar-refractivity contribution in [3.05, 3.63) is 123 Å². The number of methoxy groups -OCH3 is 1.